The summed E-state index contributed by atoms with van der Waals surface area (Å²) in [6.45, 7) is 0. The highest BCUT2D eigenvalue weighted by molar-refractivity contribution is 6.18. The molecular formula is C9H15Cl. The first-order valence-electron chi connectivity index (χ1n) is 4.48. The first kappa shape index (κ1) is 6.97. The van der Waals surface area contributed by atoms with Gasteiger partial charge in [-0.25, -0.2) is 0 Å². The van der Waals surface area contributed by atoms with Gasteiger partial charge in [-0.1, -0.05) is 12.8 Å². The third-order valence-electron chi connectivity index (χ3n) is 3.43. The van der Waals surface area contributed by atoms with Crippen molar-refractivity contribution in [3.05, 3.63) is 0 Å². The van der Waals surface area contributed by atoms with Crippen LogP contribution in [0.2, 0.25) is 0 Å². The summed E-state index contributed by atoms with van der Waals surface area (Å²) < 4.78 is 0. The maximum Gasteiger partial charge on any atom is 0.0254 e. The van der Waals surface area contributed by atoms with E-state index in [-0.39, 0.29) is 0 Å². The van der Waals surface area contributed by atoms with Gasteiger partial charge < -0.3 is 0 Å². The molecule has 2 aliphatic rings. The van der Waals surface area contributed by atoms with Crippen LogP contribution in [0.5, 0.6) is 0 Å². The van der Waals surface area contributed by atoms with Gasteiger partial charge in [-0.3, -0.25) is 0 Å². The van der Waals surface area contributed by atoms with E-state index in [0.29, 0.717) is 0 Å². The van der Waals surface area contributed by atoms with Gasteiger partial charge in [0.05, 0.1) is 0 Å². The van der Waals surface area contributed by atoms with Crippen LogP contribution in [0.4, 0.5) is 0 Å². The molecule has 0 aromatic rings. The molecule has 2 saturated carbocycles. The van der Waals surface area contributed by atoms with Crippen molar-refractivity contribution in [2.75, 3.05) is 5.88 Å². The highest BCUT2D eigenvalue weighted by atomic mass is 35.5. The minimum Gasteiger partial charge on any atom is -0.126 e. The Kier molecular flexibility index (Phi) is 1.90. The second kappa shape index (κ2) is 2.73. The summed E-state index contributed by atoms with van der Waals surface area (Å²) in [6.07, 6.45) is 7.34. The van der Waals surface area contributed by atoms with Crippen molar-refractivity contribution >= 4 is 11.6 Å². The molecule has 0 bridgehead atoms. The first-order chi connectivity index (χ1) is 4.92. The first-order valence-corrected chi connectivity index (χ1v) is 5.01. The maximum atomic E-state index is 5.87. The average molecular weight is 159 g/mol. The van der Waals surface area contributed by atoms with Gasteiger partial charge in [0, 0.05) is 5.88 Å². The Morgan fingerprint density at radius 3 is 2.80 bits per heavy atom. The minimum absolute atomic E-state index is 0.883. The SMILES string of the molecule is ClC[C@H]1CC[C@@H]2CCC[C@@H]21. The van der Waals surface area contributed by atoms with E-state index in [1.807, 2.05) is 0 Å². The highest BCUT2D eigenvalue weighted by Gasteiger charge is 2.38. The summed E-state index contributed by atoms with van der Waals surface area (Å²) in [4.78, 5) is 0. The standard InChI is InChI=1S/C9H15Cl/c10-6-8-5-4-7-2-1-3-9(7)8/h7-9H,1-6H2/t7-,8+,9-/m0/s1. The molecular weight excluding hydrogens is 144 g/mol. The lowest BCUT2D eigenvalue weighted by Gasteiger charge is -2.14. The number of rotatable bonds is 1. The number of hydrogen-bond acceptors (Lipinski definition) is 0. The Hall–Kier alpha value is 0.290. The molecule has 2 aliphatic carbocycles. The fraction of sp³-hybridized carbons (Fsp3) is 1.00. The molecule has 0 unspecified atom stereocenters. The monoisotopic (exact) mass is 158 g/mol. The smallest absolute Gasteiger partial charge is 0.0254 e. The second-order valence-corrected chi connectivity index (χ2v) is 4.16. The minimum atomic E-state index is 0.883. The van der Waals surface area contributed by atoms with Crippen LogP contribution in [0, 0.1) is 17.8 Å². The summed E-state index contributed by atoms with van der Waals surface area (Å²) in [5.41, 5.74) is 0. The Bertz CT molecular complexity index is 122. The van der Waals surface area contributed by atoms with Gasteiger partial charge in [0.1, 0.15) is 0 Å². The van der Waals surface area contributed by atoms with E-state index in [1.165, 1.54) is 32.1 Å². The van der Waals surface area contributed by atoms with Crippen LogP contribution in [0.25, 0.3) is 0 Å². The summed E-state index contributed by atoms with van der Waals surface area (Å²) in [7, 11) is 0. The van der Waals surface area contributed by atoms with Gasteiger partial charge in [0.25, 0.3) is 0 Å². The molecule has 0 aromatic heterocycles. The van der Waals surface area contributed by atoms with Crippen molar-refractivity contribution in [2.45, 2.75) is 32.1 Å². The number of halogens is 1. The molecule has 0 nitrogen and oxygen atoms in total. The van der Waals surface area contributed by atoms with E-state index in [4.69, 9.17) is 11.6 Å². The third kappa shape index (κ3) is 0.972. The van der Waals surface area contributed by atoms with E-state index in [2.05, 4.69) is 0 Å². The van der Waals surface area contributed by atoms with Crippen molar-refractivity contribution in [3.8, 4) is 0 Å². The fourth-order valence-corrected chi connectivity index (χ4v) is 3.26. The van der Waals surface area contributed by atoms with Crippen molar-refractivity contribution in [1.82, 2.24) is 0 Å². The molecule has 0 saturated heterocycles. The molecule has 0 spiro atoms. The van der Waals surface area contributed by atoms with Crippen LogP contribution in [0.1, 0.15) is 32.1 Å². The second-order valence-electron chi connectivity index (χ2n) is 3.85. The molecule has 0 heterocycles. The molecule has 3 atom stereocenters. The molecule has 10 heavy (non-hydrogen) atoms. The normalized spacial score (nSPS) is 45.9. The Morgan fingerprint density at radius 2 is 2.00 bits per heavy atom. The summed E-state index contributed by atoms with van der Waals surface area (Å²) in [6, 6.07) is 0. The van der Waals surface area contributed by atoms with Gasteiger partial charge in [-0.15, -0.1) is 11.6 Å². The maximum absolute atomic E-state index is 5.87. The van der Waals surface area contributed by atoms with E-state index in [9.17, 15) is 0 Å². The van der Waals surface area contributed by atoms with E-state index in [0.717, 1.165) is 23.6 Å². The molecule has 58 valence electrons. The summed E-state index contributed by atoms with van der Waals surface area (Å²) >= 11 is 5.87. The van der Waals surface area contributed by atoms with Gasteiger partial charge in [0.2, 0.25) is 0 Å². The number of fused-ring (bicyclic) bond motifs is 1. The summed E-state index contributed by atoms with van der Waals surface area (Å²) in [5.74, 6) is 3.90. The van der Waals surface area contributed by atoms with Crippen molar-refractivity contribution < 1.29 is 0 Å². The van der Waals surface area contributed by atoms with Crippen molar-refractivity contribution in [2.24, 2.45) is 17.8 Å². The zero-order chi connectivity index (χ0) is 6.97. The van der Waals surface area contributed by atoms with Crippen molar-refractivity contribution in [3.63, 3.8) is 0 Å². The Balaban J connectivity index is 2.01. The van der Waals surface area contributed by atoms with E-state index >= 15 is 0 Å². The quantitative estimate of drug-likeness (QED) is 0.515. The van der Waals surface area contributed by atoms with Gasteiger partial charge in [-0.2, -0.15) is 0 Å². The molecule has 0 amide bonds. The van der Waals surface area contributed by atoms with Crippen LogP contribution in [-0.2, 0) is 0 Å². The lowest BCUT2D eigenvalue weighted by molar-refractivity contribution is 0.380. The topological polar surface area (TPSA) is 0 Å². The Labute approximate surface area is 68.0 Å². The number of alkyl halides is 1. The molecule has 2 rings (SSSR count). The highest BCUT2D eigenvalue weighted by Crippen LogP contribution is 2.47. The van der Waals surface area contributed by atoms with Gasteiger partial charge in [0.15, 0.2) is 0 Å². The lowest BCUT2D eigenvalue weighted by Crippen LogP contribution is -2.09. The van der Waals surface area contributed by atoms with Crippen LogP contribution in [0.15, 0.2) is 0 Å². The predicted octanol–water partition coefficient (Wildman–Crippen LogP) is 3.05. The fourth-order valence-electron chi connectivity index (χ4n) is 2.88. The van der Waals surface area contributed by atoms with Gasteiger partial charge >= 0.3 is 0 Å². The molecule has 2 fully saturated rings. The number of hydrogen-bond donors (Lipinski definition) is 0. The zero-order valence-electron chi connectivity index (χ0n) is 6.35. The largest absolute Gasteiger partial charge is 0.126 e. The molecule has 0 aliphatic heterocycles. The van der Waals surface area contributed by atoms with Crippen LogP contribution in [-0.4, -0.2) is 5.88 Å². The predicted molar refractivity (Wildman–Crippen MR) is 44.3 cm³/mol. The van der Waals surface area contributed by atoms with E-state index in [1.54, 1.807) is 0 Å². The van der Waals surface area contributed by atoms with E-state index < -0.39 is 0 Å². The molecule has 1 heteroatoms. The third-order valence-corrected chi connectivity index (χ3v) is 3.83. The molecule has 0 radical (unpaired) electrons. The Morgan fingerprint density at radius 1 is 1.10 bits per heavy atom. The lowest BCUT2D eigenvalue weighted by atomic mass is 9.94. The molecule has 0 aromatic carbocycles. The van der Waals surface area contributed by atoms with Crippen molar-refractivity contribution in [1.29, 1.82) is 0 Å². The van der Waals surface area contributed by atoms with Crippen LogP contribution in [0.3, 0.4) is 0 Å². The summed E-state index contributed by atoms with van der Waals surface area (Å²) in [5, 5.41) is 0. The average Bonchev–Trinajstić information content (AvgIpc) is 2.44. The van der Waals surface area contributed by atoms with Gasteiger partial charge in [-0.05, 0) is 37.0 Å². The molecule has 0 N–H and O–H groups in total. The van der Waals surface area contributed by atoms with Crippen LogP contribution < -0.4 is 0 Å². The van der Waals surface area contributed by atoms with Crippen LogP contribution >= 0.6 is 11.6 Å². The zero-order valence-corrected chi connectivity index (χ0v) is 7.11.